The van der Waals surface area contributed by atoms with Crippen LogP contribution in [0.25, 0.3) is 11.4 Å². The zero-order chi connectivity index (χ0) is 14.5. The molecule has 0 aliphatic heterocycles. The van der Waals surface area contributed by atoms with E-state index >= 15 is 0 Å². The molecular weight excluding hydrogens is 270 g/mol. The van der Waals surface area contributed by atoms with Crippen molar-refractivity contribution in [1.29, 1.82) is 0 Å². The first kappa shape index (κ1) is 14.8. The highest BCUT2D eigenvalue weighted by Crippen LogP contribution is 2.22. The summed E-state index contributed by atoms with van der Waals surface area (Å²) in [6, 6.07) is 11.8. The fourth-order valence-corrected chi connectivity index (χ4v) is 2.29. The first-order valence-corrected chi connectivity index (χ1v) is 7.33. The summed E-state index contributed by atoms with van der Waals surface area (Å²) in [6.45, 7) is 8.38. The van der Waals surface area contributed by atoms with Crippen LogP contribution in [0.1, 0.15) is 20.8 Å². The maximum absolute atomic E-state index is 6.16. The zero-order valence-corrected chi connectivity index (χ0v) is 12.9. The second-order valence-electron chi connectivity index (χ2n) is 5.17. The van der Waals surface area contributed by atoms with E-state index in [1.165, 1.54) is 0 Å². The lowest BCUT2D eigenvalue weighted by Crippen LogP contribution is -2.28. The van der Waals surface area contributed by atoms with Crippen molar-refractivity contribution < 1.29 is 0 Å². The van der Waals surface area contributed by atoms with E-state index in [-0.39, 0.29) is 0 Å². The molecule has 0 aliphatic rings. The average molecular weight is 290 g/mol. The zero-order valence-electron chi connectivity index (χ0n) is 12.2. The molecule has 0 spiro atoms. The van der Waals surface area contributed by atoms with Gasteiger partial charge in [0.05, 0.1) is 0 Å². The smallest absolute Gasteiger partial charge is 0.163 e. The SMILES string of the molecule is CCN(CC(C)C)c1cc(Cl)nc(-c2ccccc2)n1. The Kier molecular flexibility index (Phi) is 4.96. The molecule has 0 atom stereocenters. The molecule has 1 aromatic heterocycles. The van der Waals surface area contributed by atoms with Crippen molar-refractivity contribution in [2.24, 2.45) is 5.92 Å². The van der Waals surface area contributed by atoms with Crippen LogP contribution in [0.5, 0.6) is 0 Å². The maximum atomic E-state index is 6.16. The number of halogens is 1. The fraction of sp³-hybridized carbons (Fsp3) is 0.375. The maximum Gasteiger partial charge on any atom is 0.163 e. The van der Waals surface area contributed by atoms with E-state index in [1.807, 2.05) is 36.4 Å². The van der Waals surface area contributed by atoms with Gasteiger partial charge in [0, 0.05) is 24.7 Å². The van der Waals surface area contributed by atoms with Gasteiger partial charge in [-0.1, -0.05) is 55.8 Å². The number of hydrogen-bond donors (Lipinski definition) is 0. The highest BCUT2D eigenvalue weighted by molar-refractivity contribution is 6.29. The Balaban J connectivity index is 2.38. The van der Waals surface area contributed by atoms with Crippen molar-refractivity contribution in [3.63, 3.8) is 0 Å². The van der Waals surface area contributed by atoms with Crippen LogP contribution in [0.15, 0.2) is 36.4 Å². The van der Waals surface area contributed by atoms with E-state index in [0.717, 1.165) is 24.5 Å². The Morgan fingerprint density at radius 1 is 1.15 bits per heavy atom. The highest BCUT2D eigenvalue weighted by atomic mass is 35.5. The minimum absolute atomic E-state index is 0.482. The molecule has 0 radical (unpaired) electrons. The quantitative estimate of drug-likeness (QED) is 0.769. The van der Waals surface area contributed by atoms with Gasteiger partial charge in [0.25, 0.3) is 0 Å². The molecule has 20 heavy (non-hydrogen) atoms. The van der Waals surface area contributed by atoms with Crippen LogP contribution in [-0.4, -0.2) is 23.1 Å². The van der Waals surface area contributed by atoms with Crippen molar-refractivity contribution in [3.8, 4) is 11.4 Å². The van der Waals surface area contributed by atoms with Gasteiger partial charge in [-0.15, -0.1) is 0 Å². The van der Waals surface area contributed by atoms with Crippen molar-refractivity contribution in [2.45, 2.75) is 20.8 Å². The van der Waals surface area contributed by atoms with E-state index < -0.39 is 0 Å². The Morgan fingerprint density at radius 3 is 2.45 bits per heavy atom. The predicted molar refractivity (Wildman–Crippen MR) is 85.2 cm³/mol. The summed E-state index contributed by atoms with van der Waals surface area (Å²) in [6.07, 6.45) is 0. The molecule has 0 N–H and O–H groups in total. The molecule has 1 heterocycles. The van der Waals surface area contributed by atoms with E-state index in [9.17, 15) is 0 Å². The summed E-state index contributed by atoms with van der Waals surface area (Å²) in [5, 5.41) is 0.482. The lowest BCUT2D eigenvalue weighted by Gasteiger charge is -2.24. The minimum atomic E-state index is 0.482. The van der Waals surface area contributed by atoms with Crippen LogP contribution >= 0.6 is 11.6 Å². The topological polar surface area (TPSA) is 29.0 Å². The lowest BCUT2D eigenvalue weighted by molar-refractivity contribution is 0.614. The molecule has 0 aliphatic carbocycles. The summed E-state index contributed by atoms with van der Waals surface area (Å²) in [5.41, 5.74) is 0.983. The molecule has 0 bridgehead atoms. The van der Waals surface area contributed by atoms with Gasteiger partial charge in [-0.3, -0.25) is 0 Å². The van der Waals surface area contributed by atoms with Gasteiger partial charge in [-0.2, -0.15) is 0 Å². The van der Waals surface area contributed by atoms with Gasteiger partial charge >= 0.3 is 0 Å². The number of hydrogen-bond acceptors (Lipinski definition) is 3. The van der Waals surface area contributed by atoms with Crippen molar-refractivity contribution in [3.05, 3.63) is 41.6 Å². The van der Waals surface area contributed by atoms with Crippen LogP contribution in [0, 0.1) is 5.92 Å². The fourth-order valence-electron chi connectivity index (χ4n) is 2.11. The van der Waals surface area contributed by atoms with E-state index in [1.54, 1.807) is 0 Å². The first-order chi connectivity index (χ1) is 9.60. The van der Waals surface area contributed by atoms with Crippen LogP contribution in [0.4, 0.5) is 5.82 Å². The summed E-state index contributed by atoms with van der Waals surface area (Å²) in [4.78, 5) is 11.2. The molecular formula is C16H20ClN3. The second-order valence-corrected chi connectivity index (χ2v) is 5.56. The lowest BCUT2D eigenvalue weighted by atomic mass is 10.2. The Hall–Kier alpha value is -1.61. The number of benzene rings is 1. The molecule has 0 unspecified atom stereocenters. The predicted octanol–water partition coefficient (Wildman–Crippen LogP) is 4.28. The molecule has 1 aromatic carbocycles. The molecule has 2 rings (SSSR count). The van der Waals surface area contributed by atoms with Gasteiger partial charge in [-0.25, -0.2) is 9.97 Å². The second kappa shape index (κ2) is 6.71. The molecule has 0 amide bonds. The standard InChI is InChI=1S/C16H20ClN3/c1-4-20(11-12(2)3)15-10-14(17)18-16(19-15)13-8-6-5-7-9-13/h5-10,12H,4,11H2,1-3H3. The largest absolute Gasteiger partial charge is 0.356 e. The van der Waals surface area contributed by atoms with Crippen LogP contribution < -0.4 is 4.90 Å². The Morgan fingerprint density at radius 2 is 1.85 bits per heavy atom. The first-order valence-electron chi connectivity index (χ1n) is 6.95. The summed E-state index contributed by atoms with van der Waals surface area (Å²) in [5.74, 6) is 2.14. The van der Waals surface area contributed by atoms with Gasteiger partial charge < -0.3 is 4.90 Å². The molecule has 0 fully saturated rings. The third-order valence-electron chi connectivity index (χ3n) is 3.00. The molecule has 0 saturated carbocycles. The van der Waals surface area contributed by atoms with Crippen molar-refractivity contribution in [1.82, 2.24) is 9.97 Å². The molecule has 106 valence electrons. The van der Waals surface area contributed by atoms with Gasteiger partial charge in [-0.05, 0) is 12.8 Å². The van der Waals surface area contributed by atoms with Crippen molar-refractivity contribution in [2.75, 3.05) is 18.0 Å². The Bertz CT molecular complexity index is 555. The van der Waals surface area contributed by atoms with E-state index in [4.69, 9.17) is 11.6 Å². The van der Waals surface area contributed by atoms with Crippen LogP contribution in [0.2, 0.25) is 5.15 Å². The van der Waals surface area contributed by atoms with Crippen LogP contribution in [-0.2, 0) is 0 Å². The minimum Gasteiger partial charge on any atom is -0.356 e. The van der Waals surface area contributed by atoms with E-state index in [2.05, 4.69) is 35.6 Å². The summed E-state index contributed by atoms with van der Waals surface area (Å²) >= 11 is 6.16. The molecule has 2 aromatic rings. The Labute approximate surface area is 125 Å². The third-order valence-corrected chi connectivity index (χ3v) is 3.20. The van der Waals surface area contributed by atoms with Crippen LogP contribution in [0.3, 0.4) is 0 Å². The normalized spacial score (nSPS) is 10.8. The average Bonchev–Trinajstić information content (AvgIpc) is 2.45. The molecule has 0 saturated heterocycles. The number of rotatable bonds is 5. The van der Waals surface area contributed by atoms with Gasteiger partial charge in [0.1, 0.15) is 11.0 Å². The highest BCUT2D eigenvalue weighted by Gasteiger charge is 2.12. The monoisotopic (exact) mass is 289 g/mol. The third kappa shape index (κ3) is 3.70. The van der Waals surface area contributed by atoms with Crippen molar-refractivity contribution >= 4 is 17.4 Å². The summed E-state index contributed by atoms with van der Waals surface area (Å²) < 4.78 is 0. The molecule has 3 nitrogen and oxygen atoms in total. The molecule has 4 heteroatoms. The summed E-state index contributed by atoms with van der Waals surface area (Å²) in [7, 11) is 0. The number of anilines is 1. The van der Waals surface area contributed by atoms with Gasteiger partial charge in [0.15, 0.2) is 5.82 Å². The number of aromatic nitrogens is 2. The van der Waals surface area contributed by atoms with E-state index in [0.29, 0.717) is 16.9 Å². The van der Waals surface area contributed by atoms with Gasteiger partial charge in [0.2, 0.25) is 0 Å². The number of nitrogens with zero attached hydrogens (tertiary/aromatic N) is 3.